The van der Waals surface area contributed by atoms with Gasteiger partial charge < -0.3 is 9.47 Å². The molecule has 1 saturated carbocycles. The van der Waals surface area contributed by atoms with E-state index in [1.807, 2.05) is 0 Å². The molecule has 1 heterocycles. The Hall–Kier alpha value is -0.570. The van der Waals surface area contributed by atoms with Gasteiger partial charge in [-0.15, -0.1) is 0 Å². The summed E-state index contributed by atoms with van der Waals surface area (Å²) in [4.78, 5) is 11.0. The van der Waals surface area contributed by atoms with Crippen LogP contribution in [-0.2, 0) is 14.3 Å². The minimum atomic E-state index is -0.0189. The molecule has 0 radical (unpaired) electrons. The van der Waals surface area contributed by atoms with Crippen molar-refractivity contribution in [3.63, 3.8) is 0 Å². The first-order valence-corrected chi connectivity index (χ1v) is 4.04. The van der Waals surface area contributed by atoms with Crippen LogP contribution in [0.4, 0.5) is 0 Å². The Morgan fingerprint density at radius 2 is 2.36 bits per heavy atom. The zero-order valence-electron chi connectivity index (χ0n) is 6.58. The molecule has 1 aliphatic heterocycles. The van der Waals surface area contributed by atoms with Gasteiger partial charge in [-0.25, -0.2) is 0 Å². The monoisotopic (exact) mass is 156 g/mol. The molecule has 0 aromatic carbocycles. The van der Waals surface area contributed by atoms with Crippen LogP contribution in [0.3, 0.4) is 0 Å². The van der Waals surface area contributed by atoms with Gasteiger partial charge in [-0.05, 0) is 12.8 Å². The molecular weight excluding hydrogens is 144 g/mol. The van der Waals surface area contributed by atoms with Crippen LogP contribution < -0.4 is 0 Å². The number of hydrogen-bond donors (Lipinski definition) is 0. The zero-order chi connectivity index (χ0) is 7.84. The summed E-state index contributed by atoms with van der Waals surface area (Å²) in [6.07, 6.45) is 2.98. The third-order valence-electron chi connectivity index (χ3n) is 2.63. The van der Waals surface area contributed by atoms with Crippen LogP contribution in [0, 0.1) is 5.92 Å². The SMILES string of the molecule is COC1CCC2CC1OC2=O. The van der Waals surface area contributed by atoms with E-state index < -0.39 is 0 Å². The largest absolute Gasteiger partial charge is 0.459 e. The van der Waals surface area contributed by atoms with Gasteiger partial charge in [0.15, 0.2) is 0 Å². The van der Waals surface area contributed by atoms with E-state index in [9.17, 15) is 4.79 Å². The zero-order valence-corrected chi connectivity index (χ0v) is 6.58. The number of esters is 1. The highest BCUT2D eigenvalue weighted by Crippen LogP contribution is 2.35. The maximum Gasteiger partial charge on any atom is 0.309 e. The third-order valence-corrected chi connectivity index (χ3v) is 2.63. The van der Waals surface area contributed by atoms with Crippen molar-refractivity contribution in [3.8, 4) is 0 Å². The van der Waals surface area contributed by atoms with Gasteiger partial charge in [-0.1, -0.05) is 0 Å². The van der Waals surface area contributed by atoms with Gasteiger partial charge in [0.1, 0.15) is 6.10 Å². The number of carbonyl (C=O) groups excluding carboxylic acids is 1. The lowest BCUT2D eigenvalue weighted by atomic mass is 9.88. The maximum atomic E-state index is 11.0. The summed E-state index contributed by atoms with van der Waals surface area (Å²) in [5.41, 5.74) is 0. The highest BCUT2D eigenvalue weighted by molar-refractivity contribution is 5.75. The van der Waals surface area contributed by atoms with Crippen LogP contribution in [-0.4, -0.2) is 25.3 Å². The number of methoxy groups -OCH3 is 1. The van der Waals surface area contributed by atoms with Gasteiger partial charge in [0.25, 0.3) is 0 Å². The molecule has 3 unspecified atom stereocenters. The van der Waals surface area contributed by atoms with Crippen molar-refractivity contribution >= 4 is 5.97 Å². The summed E-state index contributed by atoms with van der Waals surface area (Å²) in [6.45, 7) is 0. The first-order valence-electron chi connectivity index (χ1n) is 4.04. The molecule has 2 fully saturated rings. The first-order chi connectivity index (χ1) is 5.31. The quantitative estimate of drug-likeness (QED) is 0.525. The van der Waals surface area contributed by atoms with E-state index in [1.54, 1.807) is 7.11 Å². The topological polar surface area (TPSA) is 35.5 Å². The molecule has 2 aliphatic rings. The number of fused-ring (bicyclic) bond motifs is 2. The van der Waals surface area contributed by atoms with Crippen molar-refractivity contribution in [3.05, 3.63) is 0 Å². The van der Waals surface area contributed by atoms with Crippen LogP contribution in [0.5, 0.6) is 0 Å². The van der Waals surface area contributed by atoms with Crippen molar-refractivity contribution < 1.29 is 14.3 Å². The lowest BCUT2D eigenvalue weighted by Crippen LogP contribution is -2.30. The Bertz CT molecular complexity index is 178. The van der Waals surface area contributed by atoms with Crippen molar-refractivity contribution in [1.29, 1.82) is 0 Å². The highest BCUT2D eigenvalue weighted by Gasteiger charge is 2.43. The fraction of sp³-hybridized carbons (Fsp3) is 0.875. The second-order valence-electron chi connectivity index (χ2n) is 3.26. The molecular formula is C8H12O3. The minimum absolute atomic E-state index is 0.0189. The van der Waals surface area contributed by atoms with E-state index in [2.05, 4.69) is 0 Å². The molecule has 3 heteroatoms. The average Bonchev–Trinajstić information content (AvgIpc) is 2.30. The van der Waals surface area contributed by atoms with Gasteiger partial charge in [0.05, 0.1) is 12.0 Å². The minimum Gasteiger partial charge on any atom is -0.459 e. The molecule has 0 amide bonds. The van der Waals surface area contributed by atoms with Crippen molar-refractivity contribution in [1.82, 2.24) is 0 Å². The molecule has 1 saturated heterocycles. The summed E-state index contributed by atoms with van der Waals surface area (Å²) in [6, 6.07) is 0. The summed E-state index contributed by atoms with van der Waals surface area (Å²) >= 11 is 0. The number of carbonyl (C=O) groups is 1. The van der Waals surface area contributed by atoms with Gasteiger partial charge in [-0.3, -0.25) is 4.79 Å². The van der Waals surface area contributed by atoms with Crippen LogP contribution in [0.2, 0.25) is 0 Å². The van der Waals surface area contributed by atoms with E-state index in [0.717, 1.165) is 19.3 Å². The molecule has 3 atom stereocenters. The average molecular weight is 156 g/mol. The molecule has 0 aromatic rings. The van der Waals surface area contributed by atoms with Crippen LogP contribution in [0.15, 0.2) is 0 Å². The lowest BCUT2D eigenvalue weighted by molar-refractivity contribution is -0.146. The van der Waals surface area contributed by atoms with Gasteiger partial charge in [0.2, 0.25) is 0 Å². The van der Waals surface area contributed by atoms with Crippen molar-refractivity contribution in [2.24, 2.45) is 5.92 Å². The second kappa shape index (κ2) is 2.48. The molecule has 3 nitrogen and oxygen atoms in total. The van der Waals surface area contributed by atoms with Gasteiger partial charge in [-0.2, -0.15) is 0 Å². The summed E-state index contributed by atoms with van der Waals surface area (Å²) in [5.74, 6) is 0.154. The van der Waals surface area contributed by atoms with Gasteiger partial charge >= 0.3 is 5.97 Å². The first kappa shape index (κ1) is 7.10. The lowest BCUT2D eigenvalue weighted by Gasteiger charge is -2.23. The van der Waals surface area contributed by atoms with Crippen LogP contribution in [0.1, 0.15) is 19.3 Å². The number of ether oxygens (including phenoxy) is 2. The van der Waals surface area contributed by atoms with E-state index in [0.29, 0.717) is 0 Å². The Morgan fingerprint density at radius 1 is 1.55 bits per heavy atom. The molecule has 62 valence electrons. The number of hydrogen-bond acceptors (Lipinski definition) is 3. The summed E-state index contributed by atoms with van der Waals surface area (Å²) < 4.78 is 10.3. The van der Waals surface area contributed by atoms with E-state index in [1.165, 1.54) is 0 Å². The third kappa shape index (κ3) is 1.03. The molecule has 2 bridgehead atoms. The second-order valence-corrected chi connectivity index (χ2v) is 3.26. The standard InChI is InChI=1S/C8H12O3/c1-10-6-3-2-5-4-7(6)11-8(5)9/h5-7H,2-4H2,1H3. The fourth-order valence-electron chi connectivity index (χ4n) is 1.95. The Labute approximate surface area is 65.7 Å². The number of rotatable bonds is 1. The molecule has 2 rings (SSSR count). The molecule has 11 heavy (non-hydrogen) atoms. The predicted octanol–water partition coefficient (Wildman–Crippen LogP) is 0.727. The molecule has 0 aromatic heterocycles. The maximum absolute atomic E-state index is 11.0. The molecule has 0 N–H and O–H groups in total. The highest BCUT2D eigenvalue weighted by atomic mass is 16.6. The molecule has 1 aliphatic carbocycles. The van der Waals surface area contributed by atoms with Crippen molar-refractivity contribution in [2.45, 2.75) is 31.5 Å². The van der Waals surface area contributed by atoms with Crippen LogP contribution in [0.25, 0.3) is 0 Å². The summed E-state index contributed by atoms with van der Waals surface area (Å²) in [5, 5.41) is 0. The molecule has 0 spiro atoms. The van der Waals surface area contributed by atoms with Crippen LogP contribution >= 0.6 is 0 Å². The fourth-order valence-corrected chi connectivity index (χ4v) is 1.95. The smallest absolute Gasteiger partial charge is 0.309 e. The predicted molar refractivity (Wildman–Crippen MR) is 38.0 cm³/mol. The van der Waals surface area contributed by atoms with E-state index >= 15 is 0 Å². The summed E-state index contributed by atoms with van der Waals surface area (Å²) in [7, 11) is 1.68. The van der Waals surface area contributed by atoms with Gasteiger partial charge in [0, 0.05) is 13.5 Å². The van der Waals surface area contributed by atoms with E-state index in [4.69, 9.17) is 9.47 Å². The Balaban J connectivity index is 2.08. The Kier molecular flexibility index (Phi) is 1.60. The normalized spacial score (nSPS) is 42.3. The van der Waals surface area contributed by atoms with E-state index in [-0.39, 0.29) is 24.1 Å². The van der Waals surface area contributed by atoms with Crippen molar-refractivity contribution in [2.75, 3.05) is 7.11 Å². The Morgan fingerprint density at radius 3 is 3.09 bits per heavy atom.